The van der Waals surface area contributed by atoms with Crippen LogP contribution in [0.3, 0.4) is 0 Å². The zero-order valence-corrected chi connectivity index (χ0v) is 13.2. The second-order valence-corrected chi connectivity index (χ2v) is 7.64. The summed E-state index contributed by atoms with van der Waals surface area (Å²) in [6.07, 6.45) is 1.27. The van der Waals surface area contributed by atoms with Crippen molar-refractivity contribution in [1.29, 1.82) is 0 Å². The third-order valence-electron chi connectivity index (χ3n) is 2.85. The normalized spacial score (nSPS) is 13.2. The smallest absolute Gasteiger partial charge is 0.249 e. The van der Waals surface area contributed by atoms with Gasteiger partial charge in [0.2, 0.25) is 10.0 Å². The lowest BCUT2D eigenvalue weighted by Gasteiger charge is -2.14. The molecule has 2 rings (SSSR count). The van der Waals surface area contributed by atoms with Crippen molar-refractivity contribution in [3.05, 3.63) is 41.1 Å². The predicted octanol–water partition coefficient (Wildman–Crippen LogP) is 2.58. The maximum absolute atomic E-state index is 11.2. The number of benzene rings is 1. The average Bonchev–Trinajstić information content (AvgIpc) is 2.75. The van der Waals surface area contributed by atoms with Gasteiger partial charge in [0.15, 0.2) is 9.34 Å². The van der Waals surface area contributed by atoms with Crippen LogP contribution in [-0.4, -0.2) is 13.4 Å². The minimum Gasteiger partial charge on any atom is -0.355 e. The highest BCUT2D eigenvalue weighted by Crippen LogP contribution is 2.26. The highest BCUT2D eigenvalue weighted by molar-refractivity contribution is 7.91. The van der Waals surface area contributed by atoms with E-state index in [1.807, 2.05) is 20.8 Å². The van der Waals surface area contributed by atoms with E-state index in [0.29, 0.717) is 5.13 Å². The molecule has 108 valence electrons. The maximum Gasteiger partial charge on any atom is 0.249 e. The molecule has 0 amide bonds. The van der Waals surface area contributed by atoms with Crippen LogP contribution < -0.4 is 10.5 Å². The molecule has 0 radical (unpaired) electrons. The summed E-state index contributed by atoms with van der Waals surface area (Å²) in [4.78, 5) is 4.04. The molecule has 1 atom stereocenters. The van der Waals surface area contributed by atoms with Crippen LogP contribution in [-0.2, 0) is 10.0 Å². The fourth-order valence-electron chi connectivity index (χ4n) is 1.99. The van der Waals surface area contributed by atoms with Gasteiger partial charge in [-0.1, -0.05) is 40.7 Å². The number of anilines is 1. The Bertz CT molecular complexity index is 703. The summed E-state index contributed by atoms with van der Waals surface area (Å²) in [5, 5.41) is 8.80. The number of sulfonamides is 1. The number of aryl methyl sites for hydroxylation is 2. The summed E-state index contributed by atoms with van der Waals surface area (Å²) in [6.45, 7) is 6.10. The second-order valence-electron chi connectivity index (χ2n) is 4.82. The number of rotatable bonds is 4. The van der Waals surface area contributed by atoms with Crippen molar-refractivity contribution >= 4 is 26.5 Å². The lowest BCUT2D eigenvalue weighted by molar-refractivity contribution is 0.599. The molecule has 20 heavy (non-hydrogen) atoms. The lowest BCUT2D eigenvalue weighted by atomic mass is 10.0. The zero-order chi connectivity index (χ0) is 14.9. The van der Waals surface area contributed by atoms with E-state index in [1.165, 1.54) is 17.3 Å². The zero-order valence-electron chi connectivity index (χ0n) is 11.5. The molecule has 0 saturated carbocycles. The molecule has 1 unspecified atom stereocenters. The first kappa shape index (κ1) is 15.0. The molecule has 1 aromatic carbocycles. The van der Waals surface area contributed by atoms with E-state index < -0.39 is 10.0 Å². The van der Waals surface area contributed by atoms with Crippen molar-refractivity contribution in [1.82, 2.24) is 4.98 Å². The van der Waals surface area contributed by atoms with Crippen LogP contribution in [0.5, 0.6) is 0 Å². The minimum absolute atomic E-state index is 0.0353. The highest BCUT2D eigenvalue weighted by atomic mass is 32.2. The Hall–Kier alpha value is -1.44. The third kappa shape index (κ3) is 3.56. The molecule has 1 aromatic heterocycles. The first-order chi connectivity index (χ1) is 9.25. The standard InChI is InChI=1S/C13H17N3O2S2/c1-8-4-9(2)6-11(5-8)10(3)16-13-15-7-12(19-13)20(14,17)18/h4-7,10H,1-3H3,(H,15,16)(H2,14,17,18). The van der Waals surface area contributed by atoms with Gasteiger partial charge >= 0.3 is 0 Å². The van der Waals surface area contributed by atoms with Crippen molar-refractivity contribution in [2.45, 2.75) is 31.0 Å². The Balaban J connectivity index is 2.19. The van der Waals surface area contributed by atoms with Crippen LogP contribution in [0.2, 0.25) is 0 Å². The minimum atomic E-state index is -3.68. The number of hydrogen-bond donors (Lipinski definition) is 2. The van der Waals surface area contributed by atoms with Crippen molar-refractivity contribution < 1.29 is 8.42 Å². The molecule has 0 spiro atoms. The van der Waals surface area contributed by atoms with E-state index in [9.17, 15) is 8.42 Å². The molecular weight excluding hydrogens is 294 g/mol. The number of primary sulfonamides is 1. The molecule has 0 saturated heterocycles. The van der Waals surface area contributed by atoms with Crippen molar-refractivity contribution in [2.24, 2.45) is 5.14 Å². The van der Waals surface area contributed by atoms with E-state index in [1.54, 1.807) is 0 Å². The summed E-state index contributed by atoms with van der Waals surface area (Å²) >= 11 is 1.04. The molecule has 3 N–H and O–H groups in total. The third-order valence-corrected chi connectivity index (χ3v) is 5.19. The largest absolute Gasteiger partial charge is 0.355 e. The van der Waals surface area contributed by atoms with Gasteiger partial charge in [0.1, 0.15) is 0 Å². The van der Waals surface area contributed by atoms with Gasteiger partial charge in [-0.15, -0.1) is 0 Å². The van der Waals surface area contributed by atoms with E-state index in [0.717, 1.165) is 16.9 Å². The summed E-state index contributed by atoms with van der Waals surface area (Å²) in [5.41, 5.74) is 3.52. The molecule has 7 heteroatoms. The predicted molar refractivity (Wildman–Crippen MR) is 81.4 cm³/mol. The van der Waals surface area contributed by atoms with Gasteiger partial charge in [0.25, 0.3) is 0 Å². The van der Waals surface area contributed by atoms with Crippen LogP contribution >= 0.6 is 11.3 Å². The van der Waals surface area contributed by atoms with Crippen LogP contribution in [0.15, 0.2) is 28.6 Å². The van der Waals surface area contributed by atoms with Gasteiger partial charge < -0.3 is 5.32 Å². The van der Waals surface area contributed by atoms with Crippen molar-refractivity contribution in [2.75, 3.05) is 5.32 Å². The summed E-state index contributed by atoms with van der Waals surface area (Å²) < 4.78 is 22.5. The number of nitrogens with two attached hydrogens (primary N) is 1. The van der Waals surface area contributed by atoms with E-state index >= 15 is 0 Å². The highest BCUT2D eigenvalue weighted by Gasteiger charge is 2.14. The molecule has 2 aromatic rings. The Labute approximate surface area is 122 Å². The van der Waals surface area contributed by atoms with Crippen LogP contribution in [0.25, 0.3) is 0 Å². The molecule has 0 aliphatic heterocycles. The first-order valence-electron chi connectivity index (χ1n) is 6.09. The number of aromatic nitrogens is 1. The monoisotopic (exact) mass is 311 g/mol. The van der Waals surface area contributed by atoms with Crippen molar-refractivity contribution in [3.63, 3.8) is 0 Å². The summed E-state index contributed by atoms with van der Waals surface area (Å²) in [6, 6.07) is 6.34. The van der Waals surface area contributed by atoms with Gasteiger partial charge in [-0.3, -0.25) is 0 Å². The second kappa shape index (κ2) is 5.51. The number of hydrogen-bond acceptors (Lipinski definition) is 5. The number of nitrogens with zero attached hydrogens (tertiary/aromatic N) is 1. The molecule has 1 heterocycles. The number of thiazole rings is 1. The van der Waals surface area contributed by atoms with E-state index in [-0.39, 0.29) is 10.3 Å². The topological polar surface area (TPSA) is 85.1 Å². The Morgan fingerprint density at radius 1 is 1.25 bits per heavy atom. The van der Waals surface area contributed by atoms with Gasteiger partial charge in [-0.05, 0) is 26.3 Å². The van der Waals surface area contributed by atoms with Crippen LogP contribution in [0.1, 0.15) is 29.7 Å². The molecule has 0 fully saturated rings. The lowest BCUT2D eigenvalue weighted by Crippen LogP contribution is -2.10. The fourth-order valence-corrected chi connectivity index (χ4v) is 3.52. The van der Waals surface area contributed by atoms with Gasteiger partial charge in [0.05, 0.1) is 12.2 Å². The SMILES string of the molecule is Cc1cc(C)cc(C(C)Nc2ncc(S(N)(=O)=O)s2)c1. The average molecular weight is 311 g/mol. The molecule has 0 aliphatic rings. The number of nitrogens with one attached hydrogen (secondary N) is 1. The van der Waals surface area contributed by atoms with Gasteiger partial charge in [-0.25, -0.2) is 18.5 Å². The Morgan fingerprint density at radius 2 is 1.85 bits per heavy atom. The molecular formula is C13H17N3O2S2. The fraction of sp³-hybridized carbons (Fsp3) is 0.308. The Kier molecular flexibility index (Phi) is 4.12. The quantitative estimate of drug-likeness (QED) is 0.909. The van der Waals surface area contributed by atoms with Crippen LogP contribution in [0.4, 0.5) is 5.13 Å². The van der Waals surface area contributed by atoms with Crippen LogP contribution in [0, 0.1) is 13.8 Å². The molecule has 0 bridgehead atoms. The van der Waals surface area contributed by atoms with E-state index in [2.05, 4.69) is 28.5 Å². The van der Waals surface area contributed by atoms with Gasteiger partial charge in [0, 0.05) is 0 Å². The first-order valence-corrected chi connectivity index (χ1v) is 8.45. The van der Waals surface area contributed by atoms with Gasteiger partial charge in [-0.2, -0.15) is 0 Å². The molecule has 0 aliphatic carbocycles. The van der Waals surface area contributed by atoms with Crippen molar-refractivity contribution in [3.8, 4) is 0 Å². The molecule has 5 nitrogen and oxygen atoms in total. The summed E-state index contributed by atoms with van der Waals surface area (Å²) in [7, 11) is -3.68. The maximum atomic E-state index is 11.2. The Morgan fingerprint density at radius 3 is 2.35 bits per heavy atom. The summed E-state index contributed by atoms with van der Waals surface area (Å²) in [5.74, 6) is 0. The van der Waals surface area contributed by atoms with E-state index in [4.69, 9.17) is 5.14 Å².